The Bertz CT molecular complexity index is 664. The van der Waals surface area contributed by atoms with E-state index < -0.39 is 11.7 Å². The van der Waals surface area contributed by atoms with Gasteiger partial charge in [-0.2, -0.15) is 13.2 Å². The van der Waals surface area contributed by atoms with Crippen molar-refractivity contribution in [3.8, 4) is 0 Å². The fraction of sp³-hybridized carbons (Fsp3) is 0.611. The molecular weight excluding hydrogens is 353 g/mol. The van der Waals surface area contributed by atoms with Crippen molar-refractivity contribution in [2.24, 2.45) is 5.41 Å². The molecule has 0 saturated carbocycles. The molecule has 0 aromatic heterocycles. The fourth-order valence-corrected chi connectivity index (χ4v) is 4.34. The topological polar surface area (TPSA) is 23.6 Å². The maximum Gasteiger partial charge on any atom is 0.417 e. The summed E-state index contributed by atoms with van der Waals surface area (Å²) in [4.78, 5) is 15.8. The molecule has 2 aliphatic heterocycles. The van der Waals surface area contributed by atoms with Crippen molar-refractivity contribution < 1.29 is 18.0 Å². The number of carbonyl (C=O) groups excluding carboxylic acids is 1. The Hall–Kier alpha value is -1.27. The Kier molecular flexibility index (Phi) is 5.04. The molecule has 2 aliphatic rings. The minimum atomic E-state index is -4.44. The first-order valence-electron chi connectivity index (χ1n) is 8.52. The molecule has 138 valence electrons. The lowest BCUT2D eigenvalue weighted by atomic mass is 9.79. The van der Waals surface area contributed by atoms with Crippen LogP contribution in [-0.4, -0.2) is 41.9 Å². The summed E-state index contributed by atoms with van der Waals surface area (Å²) in [5.74, 6) is 0.102. The van der Waals surface area contributed by atoms with Crippen LogP contribution in [0.4, 0.5) is 13.2 Å². The lowest BCUT2D eigenvalue weighted by Gasteiger charge is -2.40. The molecule has 0 bridgehead atoms. The van der Waals surface area contributed by atoms with Gasteiger partial charge in [-0.1, -0.05) is 17.7 Å². The van der Waals surface area contributed by atoms with E-state index in [0.29, 0.717) is 12.1 Å². The zero-order chi connectivity index (χ0) is 18.2. The van der Waals surface area contributed by atoms with Crippen LogP contribution in [0.25, 0.3) is 0 Å². The number of amides is 1. The predicted molar refractivity (Wildman–Crippen MR) is 90.3 cm³/mol. The molecule has 0 radical (unpaired) electrons. The fourth-order valence-electron chi connectivity index (χ4n) is 4.12. The SMILES string of the molecule is CC(=O)N1CCCC2(CCN(Cc3ccc(Cl)c(C(F)(F)F)c3)C2)C1. The van der Waals surface area contributed by atoms with E-state index in [1.807, 2.05) is 4.90 Å². The van der Waals surface area contributed by atoms with E-state index in [1.165, 1.54) is 6.07 Å². The van der Waals surface area contributed by atoms with Crippen LogP contribution >= 0.6 is 11.6 Å². The first-order chi connectivity index (χ1) is 11.7. The number of hydrogen-bond donors (Lipinski definition) is 0. The first kappa shape index (κ1) is 18.5. The average molecular weight is 375 g/mol. The molecule has 1 unspecified atom stereocenters. The minimum absolute atomic E-state index is 0.0865. The van der Waals surface area contributed by atoms with Gasteiger partial charge in [0.2, 0.25) is 5.91 Å². The summed E-state index contributed by atoms with van der Waals surface area (Å²) in [6.07, 6.45) is -1.39. The monoisotopic (exact) mass is 374 g/mol. The predicted octanol–water partition coefficient (Wildman–Crippen LogP) is 4.19. The number of benzene rings is 1. The second-order valence-electron chi connectivity index (χ2n) is 7.32. The van der Waals surface area contributed by atoms with E-state index in [9.17, 15) is 18.0 Å². The van der Waals surface area contributed by atoms with Gasteiger partial charge in [0.25, 0.3) is 0 Å². The standard InChI is InChI=1S/C18H22ClF3N2O/c1-13(25)24-7-2-5-17(12-24)6-8-23(11-17)10-14-3-4-16(19)15(9-14)18(20,21)22/h3-4,9H,2,5-8,10-12H2,1H3. The van der Waals surface area contributed by atoms with Gasteiger partial charge < -0.3 is 4.90 Å². The molecule has 2 heterocycles. The Morgan fingerprint density at radius 1 is 1.24 bits per heavy atom. The summed E-state index contributed by atoms with van der Waals surface area (Å²) < 4.78 is 39.0. The quantitative estimate of drug-likeness (QED) is 0.774. The van der Waals surface area contributed by atoms with Crippen LogP contribution in [0.5, 0.6) is 0 Å². The smallest absolute Gasteiger partial charge is 0.342 e. The van der Waals surface area contributed by atoms with Crippen LogP contribution in [0.15, 0.2) is 18.2 Å². The van der Waals surface area contributed by atoms with Crippen molar-refractivity contribution in [2.75, 3.05) is 26.2 Å². The summed E-state index contributed by atoms with van der Waals surface area (Å²) in [5, 5.41) is -0.265. The van der Waals surface area contributed by atoms with Crippen LogP contribution in [0.3, 0.4) is 0 Å². The molecule has 2 saturated heterocycles. The van der Waals surface area contributed by atoms with Gasteiger partial charge in [-0.05, 0) is 43.5 Å². The van der Waals surface area contributed by atoms with Crippen LogP contribution in [0.1, 0.15) is 37.3 Å². The number of likely N-dealkylation sites (tertiary alicyclic amines) is 2. The highest BCUT2D eigenvalue weighted by Crippen LogP contribution is 2.40. The Morgan fingerprint density at radius 3 is 2.68 bits per heavy atom. The molecule has 3 nitrogen and oxygen atoms in total. The Balaban J connectivity index is 1.68. The van der Waals surface area contributed by atoms with Gasteiger partial charge in [-0.15, -0.1) is 0 Å². The summed E-state index contributed by atoms with van der Waals surface area (Å²) in [7, 11) is 0. The normalized spacial score (nSPS) is 24.9. The van der Waals surface area contributed by atoms with Crippen LogP contribution < -0.4 is 0 Å². The van der Waals surface area contributed by atoms with Crippen molar-refractivity contribution in [1.29, 1.82) is 0 Å². The molecule has 3 rings (SSSR count). The van der Waals surface area contributed by atoms with Crippen LogP contribution in [0.2, 0.25) is 5.02 Å². The van der Waals surface area contributed by atoms with Crippen molar-refractivity contribution in [2.45, 2.75) is 38.9 Å². The zero-order valence-corrected chi connectivity index (χ0v) is 15.0. The minimum Gasteiger partial charge on any atom is -0.342 e. The third-order valence-electron chi connectivity index (χ3n) is 5.37. The Labute approximate surface area is 150 Å². The second kappa shape index (κ2) is 6.80. The molecule has 1 aromatic rings. The molecule has 2 fully saturated rings. The maximum absolute atomic E-state index is 13.0. The lowest BCUT2D eigenvalue weighted by molar-refractivity contribution is -0.137. The highest BCUT2D eigenvalue weighted by molar-refractivity contribution is 6.31. The highest BCUT2D eigenvalue weighted by atomic mass is 35.5. The second-order valence-corrected chi connectivity index (χ2v) is 7.72. The van der Waals surface area contributed by atoms with Gasteiger partial charge in [-0.3, -0.25) is 9.69 Å². The van der Waals surface area contributed by atoms with Gasteiger partial charge in [0.15, 0.2) is 0 Å². The third-order valence-corrected chi connectivity index (χ3v) is 5.70. The molecule has 25 heavy (non-hydrogen) atoms. The van der Waals surface area contributed by atoms with Gasteiger partial charge in [-0.25, -0.2) is 0 Å². The van der Waals surface area contributed by atoms with Crippen molar-refractivity contribution in [1.82, 2.24) is 9.80 Å². The van der Waals surface area contributed by atoms with Crippen LogP contribution in [-0.2, 0) is 17.5 Å². The van der Waals surface area contributed by atoms with Gasteiger partial charge in [0, 0.05) is 38.5 Å². The molecule has 0 aliphatic carbocycles. The van der Waals surface area contributed by atoms with Gasteiger partial charge in [0.1, 0.15) is 0 Å². The largest absolute Gasteiger partial charge is 0.417 e. The number of rotatable bonds is 2. The van der Waals surface area contributed by atoms with E-state index >= 15 is 0 Å². The average Bonchev–Trinajstić information content (AvgIpc) is 2.90. The first-order valence-corrected chi connectivity index (χ1v) is 8.90. The molecule has 1 aromatic carbocycles. The number of carbonyl (C=O) groups is 1. The van der Waals surface area contributed by atoms with E-state index in [-0.39, 0.29) is 16.3 Å². The molecule has 0 N–H and O–H groups in total. The maximum atomic E-state index is 13.0. The molecule has 1 atom stereocenters. The van der Waals surface area contributed by atoms with E-state index in [4.69, 9.17) is 11.6 Å². The number of halogens is 4. The molecular formula is C18H22ClF3N2O. The van der Waals surface area contributed by atoms with Crippen molar-refractivity contribution >= 4 is 17.5 Å². The van der Waals surface area contributed by atoms with Crippen LogP contribution in [0, 0.1) is 5.41 Å². The van der Waals surface area contributed by atoms with Crippen molar-refractivity contribution in [3.63, 3.8) is 0 Å². The molecule has 1 spiro atoms. The lowest BCUT2D eigenvalue weighted by Crippen LogP contribution is -2.46. The highest BCUT2D eigenvalue weighted by Gasteiger charge is 2.42. The third kappa shape index (κ3) is 4.11. The number of nitrogens with zero attached hydrogens (tertiary/aromatic N) is 2. The molecule has 1 amide bonds. The summed E-state index contributed by atoms with van der Waals surface area (Å²) in [6.45, 7) is 5.30. The summed E-state index contributed by atoms with van der Waals surface area (Å²) in [6, 6.07) is 4.13. The Morgan fingerprint density at radius 2 is 2.00 bits per heavy atom. The van der Waals surface area contributed by atoms with Crippen molar-refractivity contribution in [3.05, 3.63) is 34.3 Å². The van der Waals surface area contributed by atoms with E-state index in [2.05, 4.69) is 4.90 Å². The van der Waals surface area contributed by atoms with Gasteiger partial charge >= 0.3 is 6.18 Å². The van der Waals surface area contributed by atoms with E-state index in [0.717, 1.165) is 51.5 Å². The van der Waals surface area contributed by atoms with E-state index in [1.54, 1.807) is 13.0 Å². The molecule has 7 heteroatoms. The summed E-state index contributed by atoms with van der Waals surface area (Å²) >= 11 is 5.69. The number of hydrogen-bond acceptors (Lipinski definition) is 2. The number of piperidine rings is 1. The number of alkyl halides is 3. The van der Waals surface area contributed by atoms with Gasteiger partial charge in [0.05, 0.1) is 10.6 Å². The summed E-state index contributed by atoms with van der Waals surface area (Å²) in [5.41, 5.74) is -0.0718. The zero-order valence-electron chi connectivity index (χ0n) is 14.2.